The summed E-state index contributed by atoms with van der Waals surface area (Å²) in [6.45, 7) is 6.50. The van der Waals surface area contributed by atoms with Gasteiger partial charge in [0.2, 0.25) is 0 Å². The molecule has 1 aromatic rings. The molecule has 2 aliphatic rings. The summed E-state index contributed by atoms with van der Waals surface area (Å²) in [7, 11) is 0. The molecular formula is C19H29NO2. The van der Waals surface area contributed by atoms with Gasteiger partial charge in [-0.15, -0.1) is 0 Å². The fourth-order valence-corrected chi connectivity index (χ4v) is 4.02. The lowest BCUT2D eigenvalue weighted by molar-refractivity contribution is 0.260. The minimum atomic E-state index is 0.499. The van der Waals surface area contributed by atoms with Crippen molar-refractivity contribution in [3.05, 3.63) is 23.3 Å². The molecule has 0 bridgehead atoms. The van der Waals surface area contributed by atoms with Crippen LogP contribution in [-0.4, -0.2) is 19.8 Å². The Bertz CT molecular complexity index is 494. The van der Waals surface area contributed by atoms with Crippen LogP contribution in [0.1, 0.15) is 63.1 Å². The number of rotatable bonds is 5. The standard InChI is InChI=1S/C19H29NO2/c1-3-21-17-12-15-10-11-20-19(14-8-6-5-7-9-14)16(15)13-18(17)22-4-2/h12-14,19-20H,3-11H2,1-2H3. The summed E-state index contributed by atoms with van der Waals surface area (Å²) >= 11 is 0. The second-order valence-corrected chi connectivity index (χ2v) is 6.44. The number of ether oxygens (including phenoxy) is 2. The number of hydrogen-bond acceptors (Lipinski definition) is 3. The Balaban J connectivity index is 1.92. The van der Waals surface area contributed by atoms with E-state index in [9.17, 15) is 0 Å². The van der Waals surface area contributed by atoms with Gasteiger partial charge in [0.05, 0.1) is 13.2 Å². The molecule has 1 fully saturated rings. The van der Waals surface area contributed by atoms with Crippen molar-refractivity contribution in [3.63, 3.8) is 0 Å². The normalized spacial score (nSPS) is 22.2. The molecule has 3 nitrogen and oxygen atoms in total. The Morgan fingerprint density at radius 1 is 1.00 bits per heavy atom. The quantitative estimate of drug-likeness (QED) is 0.882. The van der Waals surface area contributed by atoms with E-state index in [1.807, 2.05) is 13.8 Å². The van der Waals surface area contributed by atoms with Gasteiger partial charge in [-0.05, 0) is 68.8 Å². The largest absolute Gasteiger partial charge is 0.490 e. The third-order valence-corrected chi connectivity index (χ3v) is 5.02. The Kier molecular flexibility index (Phi) is 5.24. The molecule has 1 N–H and O–H groups in total. The van der Waals surface area contributed by atoms with Crippen LogP contribution in [-0.2, 0) is 6.42 Å². The fourth-order valence-electron chi connectivity index (χ4n) is 4.02. The van der Waals surface area contributed by atoms with Gasteiger partial charge in [-0.1, -0.05) is 19.3 Å². The smallest absolute Gasteiger partial charge is 0.161 e. The van der Waals surface area contributed by atoms with E-state index < -0.39 is 0 Å². The topological polar surface area (TPSA) is 30.5 Å². The van der Waals surface area contributed by atoms with E-state index >= 15 is 0 Å². The molecule has 0 radical (unpaired) electrons. The van der Waals surface area contributed by atoms with E-state index in [1.165, 1.54) is 43.2 Å². The lowest BCUT2D eigenvalue weighted by Crippen LogP contribution is -2.35. The highest BCUT2D eigenvalue weighted by Crippen LogP contribution is 2.41. The first-order chi connectivity index (χ1) is 10.8. The molecule has 1 saturated carbocycles. The van der Waals surface area contributed by atoms with Crippen LogP contribution < -0.4 is 14.8 Å². The van der Waals surface area contributed by atoms with Gasteiger partial charge >= 0.3 is 0 Å². The van der Waals surface area contributed by atoms with Crippen molar-refractivity contribution in [3.8, 4) is 11.5 Å². The lowest BCUT2D eigenvalue weighted by atomic mass is 9.78. The van der Waals surface area contributed by atoms with Gasteiger partial charge in [-0.25, -0.2) is 0 Å². The van der Waals surface area contributed by atoms with Crippen LogP contribution in [0.4, 0.5) is 0 Å². The average Bonchev–Trinajstić information content (AvgIpc) is 2.56. The fraction of sp³-hybridized carbons (Fsp3) is 0.684. The second kappa shape index (κ2) is 7.36. The van der Waals surface area contributed by atoms with Crippen LogP contribution in [0.5, 0.6) is 11.5 Å². The predicted molar refractivity (Wildman–Crippen MR) is 89.8 cm³/mol. The van der Waals surface area contributed by atoms with Crippen molar-refractivity contribution < 1.29 is 9.47 Å². The number of benzene rings is 1. The minimum absolute atomic E-state index is 0.499. The van der Waals surface area contributed by atoms with Gasteiger partial charge in [0.15, 0.2) is 11.5 Å². The Morgan fingerprint density at radius 3 is 2.36 bits per heavy atom. The van der Waals surface area contributed by atoms with E-state index in [0.29, 0.717) is 19.3 Å². The van der Waals surface area contributed by atoms with E-state index in [0.717, 1.165) is 30.4 Å². The summed E-state index contributed by atoms with van der Waals surface area (Å²) in [5, 5.41) is 3.77. The highest BCUT2D eigenvalue weighted by Gasteiger charge is 2.30. The molecule has 0 aromatic heterocycles. The molecule has 22 heavy (non-hydrogen) atoms. The summed E-state index contributed by atoms with van der Waals surface area (Å²) in [4.78, 5) is 0. The van der Waals surface area contributed by atoms with Gasteiger partial charge in [-0.2, -0.15) is 0 Å². The first kappa shape index (κ1) is 15.7. The molecule has 0 spiro atoms. The van der Waals surface area contributed by atoms with Crippen LogP contribution in [0.25, 0.3) is 0 Å². The second-order valence-electron chi connectivity index (χ2n) is 6.44. The van der Waals surface area contributed by atoms with E-state index in [2.05, 4.69) is 17.4 Å². The maximum absolute atomic E-state index is 5.84. The number of hydrogen-bond donors (Lipinski definition) is 1. The zero-order chi connectivity index (χ0) is 15.4. The molecule has 1 heterocycles. The van der Waals surface area contributed by atoms with E-state index in [1.54, 1.807) is 0 Å². The number of fused-ring (bicyclic) bond motifs is 1. The highest BCUT2D eigenvalue weighted by atomic mass is 16.5. The molecule has 3 heteroatoms. The summed E-state index contributed by atoms with van der Waals surface area (Å²) in [5.41, 5.74) is 2.89. The monoisotopic (exact) mass is 303 g/mol. The number of nitrogens with one attached hydrogen (secondary N) is 1. The minimum Gasteiger partial charge on any atom is -0.490 e. The first-order valence-electron chi connectivity index (χ1n) is 8.99. The Morgan fingerprint density at radius 2 is 1.68 bits per heavy atom. The van der Waals surface area contributed by atoms with Crippen LogP contribution in [0.3, 0.4) is 0 Å². The van der Waals surface area contributed by atoms with Gasteiger partial charge in [0.1, 0.15) is 0 Å². The summed E-state index contributed by atoms with van der Waals surface area (Å²) in [6, 6.07) is 4.97. The van der Waals surface area contributed by atoms with Crippen molar-refractivity contribution >= 4 is 0 Å². The maximum atomic E-state index is 5.84. The summed E-state index contributed by atoms with van der Waals surface area (Å²) in [6.07, 6.45) is 7.97. The molecule has 1 aromatic carbocycles. The zero-order valence-corrected chi connectivity index (χ0v) is 14.0. The molecule has 0 saturated heterocycles. The molecule has 1 aliphatic carbocycles. The SMILES string of the molecule is CCOc1cc2c(cc1OCC)C(C1CCCCC1)NCC2. The molecule has 1 aliphatic heterocycles. The third kappa shape index (κ3) is 3.24. The summed E-state index contributed by atoms with van der Waals surface area (Å²) in [5.74, 6) is 2.60. The Labute approximate surface area is 134 Å². The van der Waals surface area contributed by atoms with E-state index in [-0.39, 0.29) is 0 Å². The molecule has 122 valence electrons. The molecule has 3 rings (SSSR count). The van der Waals surface area contributed by atoms with Gasteiger partial charge in [0, 0.05) is 6.04 Å². The molecule has 1 unspecified atom stereocenters. The van der Waals surface area contributed by atoms with Crippen LogP contribution in [0.2, 0.25) is 0 Å². The molecule has 0 amide bonds. The molecular weight excluding hydrogens is 274 g/mol. The highest BCUT2D eigenvalue weighted by molar-refractivity contribution is 5.49. The van der Waals surface area contributed by atoms with Crippen molar-refractivity contribution in [2.45, 2.75) is 58.4 Å². The van der Waals surface area contributed by atoms with Crippen molar-refractivity contribution in [1.82, 2.24) is 5.32 Å². The summed E-state index contributed by atoms with van der Waals surface area (Å²) < 4.78 is 11.6. The van der Waals surface area contributed by atoms with Gasteiger partial charge in [-0.3, -0.25) is 0 Å². The molecule has 1 atom stereocenters. The third-order valence-electron chi connectivity index (χ3n) is 5.02. The van der Waals surface area contributed by atoms with Crippen LogP contribution in [0, 0.1) is 5.92 Å². The van der Waals surface area contributed by atoms with Crippen molar-refractivity contribution in [1.29, 1.82) is 0 Å². The van der Waals surface area contributed by atoms with Crippen molar-refractivity contribution in [2.75, 3.05) is 19.8 Å². The van der Waals surface area contributed by atoms with Crippen LogP contribution in [0.15, 0.2) is 12.1 Å². The van der Waals surface area contributed by atoms with E-state index in [4.69, 9.17) is 9.47 Å². The first-order valence-corrected chi connectivity index (χ1v) is 8.99. The zero-order valence-electron chi connectivity index (χ0n) is 14.0. The maximum Gasteiger partial charge on any atom is 0.161 e. The predicted octanol–water partition coefficient (Wildman–Crippen LogP) is 4.25. The van der Waals surface area contributed by atoms with Crippen molar-refractivity contribution in [2.24, 2.45) is 5.92 Å². The van der Waals surface area contributed by atoms with Gasteiger partial charge < -0.3 is 14.8 Å². The van der Waals surface area contributed by atoms with Crippen LogP contribution >= 0.6 is 0 Å². The van der Waals surface area contributed by atoms with Gasteiger partial charge in [0.25, 0.3) is 0 Å². The lowest BCUT2D eigenvalue weighted by Gasteiger charge is -2.36. The Hall–Kier alpha value is -1.22. The average molecular weight is 303 g/mol.